The molecule has 0 unspecified atom stereocenters. The van der Waals surface area contributed by atoms with Crippen molar-refractivity contribution in [2.45, 2.75) is 30.8 Å². The highest BCUT2D eigenvalue weighted by molar-refractivity contribution is 7.99. The van der Waals surface area contributed by atoms with Crippen LogP contribution in [0, 0.1) is 0 Å². The molecule has 0 bridgehead atoms. The molecule has 1 aliphatic rings. The molecule has 1 atom stereocenters. The van der Waals surface area contributed by atoms with Crippen LogP contribution in [0.5, 0.6) is 0 Å². The third-order valence-corrected chi connectivity index (χ3v) is 7.27. The van der Waals surface area contributed by atoms with Crippen molar-refractivity contribution < 1.29 is 13.2 Å². The Hall–Kier alpha value is -1.67. The molecular formula is C17H21N3O3S2. The van der Waals surface area contributed by atoms with E-state index >= 15 is 0 Å². The van der Waals surface area contributed by atoms with Crippen molar-refractivity contribution in [3.63, 3.8) is 0 Å². The first-order valence-corrected chi connectivity index (χ1v) is 11.0. The first-order chi connectivity index (χ1) is 11.9. The average molecular weight is 380 g/mol. The van der Waals surface area contributed by atoms with E-state index in [-0.39, 0.29) is 29.0 Å². The Morgan fingerprint density at radius 1 is 1.28 bits per heavy atom. The van der Waals surface area contributed by atoms with Gasteiger partial charge >= 0.3 is 0 Å². The number of thioether (sulfide) groups is 1. The van der Waals surface area contributed by atoms with Crippen molar-refractivity contribution in [2.24, 2.45) is 7.05 Å². The highest BCUT2D eigenvalue weighted by atomic mass is 32.2. The Bertz CT molecular complexity index is 873. The molecule has 1 aromatic heterocycles. The quantitative estimate of drug-likeness (QED) is 0.566. The molecule has 1 aliphatic heterocycles. The Morgan fingerprint density at radius 2 is 2.00 bits per heavy atom. The van der Waals surface area contributed by atoms with Crippen LogP contribution in [0.3, 0.4) is 0 Å². The van der Waals surface area contributed by atoms with Crippen molar-refractivity contribution >= 4 is 27.4 Å². The lowest BCUT2D eigenvalue weighted by Gasteiger charge is -2.08. The molecule has 3 rings (SSSR count). The van der Waals surface area contributed by atoms with Crippen LogP contribution in [-0.2, 0) is 23.3 Å². The van der Waals surface area contributed by atoms with Crippen molar-refractivity contribution in [1.82, 2.24) is 14.8 Å². The molecule has 0 saturated carbocycles. The van der Waals surface area contributed by atoms with Crippen LogP contribution in [0.1, 0.15) is 41.0 Å². The van der Waals surface area contributed by atoms with Gasteiger partial charge < -0.3 is 4.57 Å². The van der Waals surface area contributed by atoms with E-state index in [1.807, 2.05) is 35.9 Å². The summed E-state index contributed by atoms with van der Waals surface area (Å²) in [4.78, 5) is 12.3. The smallest absolute Gasteiger partial charge is 0.191 e. The third kappa shape index (κ3) is 4.12. The number of ketones is 1. The standard InChI is InChI=1S/C17H21N3O3S2/c1-3-12-4-6-13(7-5-12)15(21)10-24-17-19-18-16(20(17)2)14-8-9-25(22,23)11-14/h4-7,14H,3,8-11H2,1-2H3/t14-/m1/s1. The van der Waals surface area contributed by atoms with Crippen molar-refractivity contribution in [3.8, 4) is 0 Å². The van der Waals surface area contributed by atoms with E-state index in [1.165, 1.54) is 17.3 Å². The van der Waals surface area contributed by atoms with Gasteiger partial charge in [-0.15, -0.1) is 10.2 Å². The Morgan fingerprint density at radius 3 is 2.60 bits per heavy atom. The minimum Gasteiger partial charge on any atom is -0.309 e. The van der Waals surface area contributed by atoms with Crippen LogP contribution in [0.25, 0.3) is 0 Å². The normalized spacial score (nSPS) is 19.2. The van der Waals surface area contributed by atoms with E-state index in [2.05, 4.69) is 17.1 Å². The zero-order valence-corrected chi connectivity index (χ0v) is 15.9. The molecule has 0 amide bonds. The molecule has 0 radical (unpaired) electrons. The minimum atomic E-state index is -2.96. The lowest BCUT2D eigenvalue weighted by atomic mass is 10.1. The van der Waals surface area contributed by atoms with Gasteiger partial charge in [-0.05, 0) is 18.4 Å². The van der Waals surface area contributed by atoms with E-state index in [9.17, 15) is 13.2 Å². The maximum absolute atomic E-state index is 12.3. The van der Waals surface area contributed by atoms with E-state index < -0.39 is 9.84 Å². The molecule has 134 valence electrons. The second kappa shape index (κ2) is 7.29. The molecule has 6 nitrogen and oxygen atoms in total. The fourth-order valence-corrected chi connectivity index (χ4v) is 5.50. The summed E-state index contributed by atoms with van der Waals surface area (Å²) in [6.45, 7) is 2.08. The monoisotopic (exact) mass is 379 g/mol. The number of nitrogens with zero attached hydrogens (tertiary/aromatic N) is 3. The van der Waals surface area contributed by atoms with Gasteiger partial charge in [0.1, 0.15) is 5.82 Å². The highest BCUT2D eigenvalue weighted by Crippen LogP contribution is 2.29. The SMILES string of the molecule is CCc1ccc(C(=O)CSc2nnc([C@@H]3CCS(=O)(=O)C3)n2C)cc1. The lowest BCUT2D eigenvalue weighted by molar-refractivity contribution is 0.102. The van der Waals surface area contributed by atoms with Gasteiger partial charge in [0.2, 0.25) is 0 Å². The number of Topliss-reactive ketones (excluding diaryl/α,β-unsaturated/α-hetero) is 1. The highest BCUT2D eigenvalue weighted by Gasteiger charge is 2.32. The summed E-state index contributed by atoms with van der Waals surface area (Å²) in [5, 5.41) is 8.92. The van der Waals surface area contributed by atoms with Gasteiger partial charge in [0.15, 0.2) is 20.8 Å². The maximum atomic E-state index is 12.3. The number of rotatable bonds is 6. The van der Waals surface area contributed by atoms with Gasteiger partial charge in [0.25, 0.3) is 0 Å². The van der Waals surface area contributed by atoms with Crippen LogP contribution in [0.2, 0.25) is 0 Å². The lowest BCUT2D eigenvalue weighted by Crippen LogP contribution is -2.09. The maximum Gasteiger partial charge on any atom is 0.191 e. The van der Waals surface area contributed by atoms with Gasteiger partial charge in [-0.25, -0.2) is 8.42 Å². The van der Waals surface area contributed by atoms with Gasteiger partial charge in [-0.2, -0.15) is 0 Å². The third-order valence-electron chi connectivity index (χ3n) is 4.48. The fourth-order valence-electron chi connectivity index (χ4n) is 2.95. The van der Waals surface area contributed by atoms with Crippen LogP contribution in [0.4, 0.5) is 0 Å². The van der Waals surface area contributed by atoms with Crippen molar-refractivity contribution in [2.75, 3.05) is 17.3 Å². The number of hydrogen-bond acceptors (Lipinski definition) is 6. The minimum absolute atomic E-state index is 0.0423. The number of hydrogen-bond donors (Lipinski definition) is 0. The molecule has 1 fully saturated rings. The first-order valence-electron chi connectivity index (χ1n) is 8.24. The predicted octanol–water partition coefficient (Wildman–Crippen LogP) is 2.25. The molecule has 0 N–H and O–H groups in total. The van der Waals surface area contributed by atoms with Crippen molar-refractivity contribution in [3.05, 3.63) is 41.2 Å². The zero-order chi connectivity index (χ0) is 18.0. The summed E-state index contributed by atoms with van der Waals surface area (Å²) >= 11 is 1.33. The predicted molar refractivity (Wildman–Crippen MR) is 97.9 cm³/mol. The number of benzene rings is 1. The molecule has 1 aromatic carbocycles. The van der Waals surface area contributed by atoms with E-state index in [0.717, 1.165) is 6.42 Å². The number of carbonyl (C=O) groups excluding carboxylic acids is 1. The summed E-state index contributed by atoms with van der Waals surface area (Å²) in [5.41, 5.74) is 1.89. The first kappa shape index (κ1) is 18.1. The molecular weight excluding hydrogens is 358 g/mol. The fraction of sp³-hybridized carbons (Fsp3) is 0.471. The largest absolute Gasteiger partial charge is 0.309 e. The zero-order valence-electron chi connectivity index (χ0n) is 14.3. The van der Waals surface area contributed by atoms with Crippen LogP contribution >= 0.6 is 11.8 Å². The molecule has 2 heterocycles. The molecule has 2 aromatic rings. The van der Waals surface area contributed by atoms with Gasteiger partial charge in [-0.1, -0.05) is 43.0 Å². The molecule has 25 heavy (non-hydrogen) atoms. The van der Waals surface area contributed by atoms with Crippen LogP contribution in [0.15, 0.2) is 29.4 Å². The molecule has 0 spiro atoms. The second-order valence-electron chi connectivity index (χ2n) is 6.26. The van der Waals surface area contributed by atoms with E-state index in [4.69, 9.17) is 0 Å². The number of aryl methyl sites for hydroxylation is 1. The average Bonchev–Trinajstić information content (AvgIpc) is 3.14. The topological polar surface area (TPSA) is 81.9 Å². The number of sulfone groups is 1. The Balaban J connectivity index is 1.64. The Kier molecular flexibility index (Phi) is 5.29. The van der Waals surface area contributed by atoms with Gasteiger partial charge in [0.05, 0.1) is 17.3 Å². The number of carbonyl (C=O) groups is 1. The van der Waals surface area contributed by atoms with Crippen molar-refractivity contribution in [1.29, 1.82) is 0 Å². The summed E-state index contributed by atoms with van der Waals surface area (Å²) in [6, 6.07) is 7.65. The van der Waals surface area contributed by atoms with Crippen LogP contribution < -0.4 is 0 Å². The number of aromatic nitrogens is 3. The molecule has 0 aliphatic carbocycles. The summed E-state index contributed by atoms with van der Waals surface area (Å²) < 4.78 is 25.1. The summed E-state index contributed by atoms with van der Waals surface area (Å²) in [7, 11) is -1.14. The summed E-state index contributed by atoms with van der Waals surface area (Å²) in [5.74, 6) is 1.24. The molecule has 1 saturated heterocycles. The molecule has 8 heteroatoms. The van der Waals surface area contributed by atoms with E-state index in [1.54, 1.807) is 0 Å². The van der Waals surface area contributed by atoms with Gasteiger partial charge in [-0.3, -0.25) is 4.79 Å². The van der Waals surface area contributed by atoms with Gasteiger partial charge in [0, 0.05) is 18.5 Å². The van der Waals surface area contributed by atoms with E-state index in [0.29, 0.717) is 23.0 Å². The Labute approximate surface area is 152 Å². The second-order valence-corrected chi connectivity index (χ2v) is 9.43. The summed E-state index contributed by atoms with van der Waals surface area (Å²) in [6.07, 6.45) is 1.53. The van der Waals surface area contributed by atoms with Crippen LogP contribution in [-0.4, -0.2) is 46.2 Å².